The van der Waals surface area contributed by atoms with Gasteiger partial charge in [-0.2, -0.15) is 0 Å². The van der Waals surface area contributed by atoms with Crippen LogP contribution in [0.2, 0.25) is 0 Å². The topological polar surface area (TPSA) is 38.7 Å². The highest BCUT2D eigenvalue weighted by atomic mass is 14.7. The van der Waals surface area contributed by atoms with Crippen molar-refractivity contribution in [1.29, 1.82) is 0 Å². The summed E-state index contributed by atoms with van der Waals surface area (Å²) in [6.45, 7) is 0. The minimum Gasteiger partial charge on any atom is -0.264 e. The maximum absolute atomic E-state index is 5.06. The lowest BCUT2D eigenvalue weighted by Crippen LogP contribution is -1.91. The standard InChI is InChI=1S/C27H15N3/c1-4-20(15-28-11-1)23-10-7-19-14-17-5-8-21-24-16(13-18-3-2-12-29-26(18)21)6-9-22(25(17)24)27(19)30-23/h1-15H. The van der Waals surface area contributed by atoms with E-state index in [0.29, 0.717) is 0 Å². The van der Waals surface area contributed by atoms with Crippen molar-refractivity contribution in [1.82, 2.24) is 15.0 Å². The molecule has 3 heteroatoms. The molecule has 7 aromatic rings. The van der Waals surface area contributed by atoms with E-state index >= 15 is 0 Å². The average molecular weight is 381 g/mol. The summed E-state index contributed by atoms with van der Waals surface area (Å²) >= 11 is 0. The molecule has 0 spiro atoms. The number of fused-ring (bicyclic) bond motifs is 4. The van der Waals surface area contributed by atoms with Crippen LogP contribution >= 0.6 is 0 Å². The second-order valence-corrected chi connectivity index (χ2v) is 7.76. The molecule has 0 atom stereocenters. The molecule has 0 saturated carbocycles. The molecule has 0 radical (unpaired) electrons. The number of hydrogen-bond acceptors (Lipinski definition) is 3. The van der Waals surface area contributed by atoms with Gasteiger partial charge in [0.2, 0.25) is 0 Å². The van der Waals surface area contributed by atoms with E-state index in [1.165, 1.54) is 37.7 Å². The van der Waals surface area contributed by atoms with Gasteiger partial charge in [0.05, 0.1) is 16.7 Å². The van der Waals surface area contributed by atoms with Gasteiger partial charge >= 0.3 is 0 Å². The third-order valence-electron chi connectivity index (χ3n) is 6.08. The van der Waals surface area contributed by atoms with Crippen molar-refractivity contribution >= 4 is 54.1 Å². The maximum Gasteiger partial charge on any atom is 0.0788 e. The predicted molar refractivity (Wildman–Crippen MR) is 124 cm³/mol. The Morgan fingerprint density at radius 1 is 0.567 bits per heavy atom. The Balaban J connectivity index is 1.67. The maximum atomic E-state index is 5.06. The van der Waals surface area contributed by atoms with Crippen LogP contribution in [0.25, 0.3) is 65.4 Å². The van der Waals surface area contributed by atoms with E-state index in [4.69, 9.17) is 4.98 Å². The van der Waals surface area contributed by atoms with Gasteiger partial charge < -0.3 is 0 Å². The van der Waals surface area contributed by atoms with E-state index < -0.39 is 0 Å². The molecule has 0 N–H and O–H groups in total. The van der Waals surface area contributed by atoms with Crippen LogP contribution in [-0.4, -0.2) is 15.0 Å². The molecule has 0 aliphatic rings. The molecule has 30 heavy (non-hydrogen) atoms. The lowest BCUT2D eigenvalue weighted by Gasteiger charge is -2.14. The fourth-order valence-electron chi connectivity index (χ4n) is 4.76. The van der Waals surface area contributed by atoms with E-state index in [0.717, 1.165) is 27.7 Å². The average Bonchev–Trinajstić information content (AvgIpc) is 2.82. The van der Waals surface area contributed by atoms with Gasteiger partial charge in [-0.1, -0.05) is 36.4 Å². The van der Waals surface area contributed by atoms with E-state index in [-0.39, 0.29) is 0 Å². The van der Waals surface area contributed by atoms with E-state index in [2.05, 4.69) is 70.6 Å². The summed E-state index contributed by atoms with van der Waals surface area (Å²) in [7, 11) is 0. The molecule has 0 fully saturated rings. The smallest absolute Gasteiger partial charge is 0.0788 e. The molecule has 3 nitrogen and oxygen atoms in total. The molecule has 4 aromatic carbocycles. The normalized spacial score (nSPS) is 12.0. The highest BCUT2D eigenvalue weighted by Crippen LogP contribution is 2.40. The van der Waals surface area contributed by atoms with Gasteiger partial charge in [0, 0.05) is 45.7 Å². The largest absolute Gasteiger partial charge is 0.264 e. The van der Waals surface area contributed by atoms with Crippen LogP contribution in [0.5, 0.6) is 0 Å². The van der Waals surface area contributed by atoms with Crippen LogP contribution in [0.4, 0.5) is 0 Å². The van der Waals surface area contributed by atoms with Gasteiger partial charge in [-0.05, 0) is 57.9 Å². The molecule has 0 unspecified atom stereocenters. The number of pyridine rings is 3. The van der Waals surface area contributed by atoms with Gasteiger partial charge in [0.15, 0.2) is 0 Å². The zero-order chi connectivity index (χ0) is 19.7. The summed E-state index contributed by atoms with van der Waals surface area (Å²) in [5.41, 5.74) is 4.05. The van der Waals surface area contributed by atoms with Gasteiger partial charge in [-0.3, -0.25) is 9.97 Å². The first-order valence-corrected chi connectivity index (χ1v) is 10.0. The molecule has 0 bridgehead atoms. The highest BCUT2D eigenvalue weighted by Gasteiger charge is 2.15. The Kier molecular flexibility index (Phi) is 3.00. The fraction of sp³-hybridized carbons (Fsp3) is 0. The first-order chi connectivity index (χ1) is 14.9. The summed E-state index contributed by atoms with van der Waals surface area (Å²) in [5, 5.41) is 9.72. The molecule has 0 saturated heterocycles. The van der Waals surface area contributed by atoms with Crippen molar-refractivity contribution in [3.8, 4) is 11.3 Å². The lowest BCUT2D eigenvalue weighted by molar-refractivity contribution is 1.31. The number of nitrogens with zero attached hydrogens (tertiary/aromatic N) is 3. The molecule has 0 aliphatic carbocycles. The molecule has 3 heterocycles. The zero-order valence-electron chi connectivity index (χ0n) is 16.0. The molecule has 7 rings (SSSR count). The molecule has 0 amide bonds. The molecular formula is C27H15N3. The van der Waals surface area contributed by atoms with Gasteiger partial charge in [-0.25, -0.2) is 4.98 Å². The van der Waals surface area contributed by atoms with Crippen LogP contribution in [0.1, 0.15) is 0 Å². The molecular weight excluding hydrogens is 366 g/mol. The van der Waals surface area contributed by atoms with E-state index in [9.17, 15) is 0 Å². The van der Waals surface area contributed by atoms with Crippen LogP contribution in [0, 0.1) is 0 Å². The van der Waals surface area contributed by atoms with Crippen molar-refractivity contribution in [2.75, 3.05) is 0 Å². The van der Waals surface area contributed by atoms with Gasteiger partial charge in [0.25, 0.3) is 0 Å². The first-order valence-electron chi connectivity index (χ1n) is 10.0. The number of benzene rings is 4. The molecule has 0 aliphatic heterocycles. The minimum atomic E-state index is 0.942. The third kappa shape index (κ3) is 2.06. The predicted octanol–water partition coefficient (Wildman–Crippen LogP) is 6.74. The fourth-order valence-corrected chi connectivity index (χ4v) is 4.76. The third-order valence-corrected chi connectivity index (χ3v) is 6.08. The Labute approximate surface area is 172 Å². The Bertz CT molecular complexity index is 1740. The molecule has 3 aromatic heterocycles. The Morgan fingerprint density at radius 3 is 2.03 bits per heavy atom. The summed E-state index contributed by atoms with van der Waals surface area (Å²) in [5.74, 6) is 0. The minimum absolute atomic E-state index is 0.942. The monoisotopic (exact) mass is 381 g/mol. The summed E-state index contributed by atoms with van der Waals surface area (Å²) in [6.07, 6.45) is 5.52. The number of hydrogen-bond donors (Lipinski definition) is 0. The van der Waals surface area contributed by atoms with Crippen molar-refractivity contribution in [2.45, 2.75) is 0 Å². The SMILES string of the molecule is c1cncc(-c2ccc3cc4ccc5c6ncccc6cc6ccc(c3n2)c4c65)c1. The summed E-state index contributed by atoms with van der Waals surface area (Å²) < 4.78 is 0. The highest BCUT2D eigenvalue weighted by molar-refractivity contribution is 6.31. The van der Waals surface area contributed by atoms with Crippen molar-refractivity contribution in [3.05, 3.63) is 91.4 Å². The van der Waals surface area contributed by atoms with Crippen LogP contribution in [0.3, 0.4) is 0 Å². The van der Waals surface area contributed by atoms with Crippen molar-refractivity contribution < 1.29 is 0 Å². The van der Waals surface area contributed by atoms with Crippen molar-refractivity contribution in [3.63, 3.8) is 0 Å². The zero-order valence-corrected chi connectivity index (χ0v) is 16.0. The van der Waals surface area contributed by atoms with Crippen LogP contribution in [0.15, 0.2) is 91.4 Å². The van der Waals surface area contributed by atoms with Gasteiger partial charge in [-0.15, -0.1) is 0 Å². The number of aromatic nitrogens is 3. The van der Waals surface area contributed by atoms with Crippen LogP contribution < -0.4 is 0 Å². The summed E-state index contributed by atoms with van der Waals surface area (Å²) in [4.78, 5) is 14.0. The lowest BCUT2D eigenvalue weighted by atomic mass is 9.91. The number of rotatable bonds is 1. The van der Waals surface area contributed by atoms with E-state index in [1.807, 2.05) is 24.5 Å². The Hall–Kier alpha value is -4.11. The summed E-state index contributed by atoms with van der Waals surface area (Å²) in [6, 6.07) is 25.7. The quantitative estimate of drug-likeness (QED) is 0.233. The second kappa shape index (κ2) is 5.71. The van der Waals surface area contributed by atoms with Crippen LogP contribution in [-0.2, 0) is 0 Å². The molecule has 138 valence electrons. The first kappa shape index (κ1) is 15.8. The van der Waals surface area contributed by atoms with Crippen molar-refractivity contribution in [2.24, 2.45) is 0 Å². The second-order valence-electron chi connectivity index (χ2n) is 7.76. The van der Waals surface area contributed by atoms with E-state index in [1.54, 1.807) is 6.20 Å². The Morgan fingerprint density at radius 2 is 1.27 bits per heavy atom. The van der Waals surface area contributed by atoms with Gasteiger partial charge in [0.1, 0.15) is 0 Å².